The average Bonchev–Trinajstić information content (AvgIpc) is 3.18. The van der Waals surface area contributed by atoms with Crippen molar-refractivity contribution in [3.05, 3.63) is 10.6 Å². The van der Waals surface area contributed by atoms with E-state index >= 15 is 0 Å². The Bertz CT molecular complexity index is 457. The molecule has 6 heteroatoms. The van der Waals surface area contributed by atoms with Crippen LogP contribution in [0, 0.1) is 6.92 Å². The number of aromatic nitrogens is 1. The fraction of sp³-hybridized carbons (Fsp3) is 0.692. The monoisotopic (exact) mass is 283 g/mol. The van der Waals surface area contributed by atoms with Gasteiger partial charge in [-0.1, -0.05) is 11.3 Å². The summed E-state index contributed by atoms with van der Waals surface area (Å²) in [6.45, 7) is 4.86. The summed E-state index contributed by atoms with van der Waals surface area (Å²) >= 11 is 1.35. The van der Waals surface area contributed by atoms with Gasteiger partial charge in [-0.15, -0.1) is 0 Å². The van der Waals surface area contributed by atoms with Crippen molar-refractivity contribution < 1.29 is 9.53 Å². The molecule has 0 saturated heterocycles. The first-order valence-electron chi connectivity index (χ1n) is 6.54. The van der Waals surface area contributed by atoms with Crippen molar-refractivity contribution in [3.8, 4) is 0 Å². The van der Waals surface area contributed by atoms with Gasteiger partial charge in [-0.05, 0) is 33.7 Å². The van der Waals surface area contributed by atoms with E-state index in [9.17, 15) is 4.79 Å². The Labute approximate surface area is 118 Å². The van der Waals surface area contributed by atoms with Gasteiger partial charge in [0, 0.05) is 18.6 Å². The molecule has 0 radical (unpaired) electrons. The van der Waals surface area contributed by atoms with Gasteiger partial charge in [0.15, 0.2) is 5.13 Å². The Morgan fingerprint density at radius 3 is 2.89 bits per heavy atom. The number of anilines is 1. The van der Waals surface area contributed by atoms with E-state index < -0.39 is 0 Å². The fourth-order valence-electron chi connectivity index (χ4n) is 1.97. The normalized spacial score (nSPS) is 16.5. The average molecular weight is 283 g/mol. The summed E-state index contributed by atoms with van der Waals surface area (Å²) in [5.74, 6) is -0.314. The topological polar surface area (TPSA) is 54.5 Å². The molecule has 1 heterocycles. The predicted octanol–water partition coefficient (Wildman–Crippen LogP) is 2.13. The zero-order chi connectivity index (χ0) is 14.0. The molecular weight excluding hydrogens is 262 g/mol. The number of thiazole rings is 1. The van der Waals surface area contributed by atoms with Gasteiger partial charge >= 0.3 is 5.97 Å². The van der Waals surface area contributed by atoms with Gasteiger partial charge in [-0.25, -0.2) is 9.78 Å². The molecule has 1 N–H and O–H groups in total. The van der Waals surface area contributed by atoms with Gasteiger partial charge in [0.05, 0.1) is 12.8 Å². The molecule has 0 amide bonds. The van der Waals surface area contributed by atoms with Crippen LogP contribution in [0.15, 0.2) is 0 Å². The molecule has 106 valence electrons. The second-order valence-electron chi connectivity index (χ2n) is 5.05. The Morgan fingerprint density at radius 1 is 1.63 bits per heavy atom. The van der Waals surface area contributed by atoms with Crippen LogP contribution in [0.2, 0.25) is 0 Å². The molecule has 1 aliphatic carbocycles. The summed E-state index contributed by atoms with van der Waals surface area (Å²) < 4.78 is 4.73. The molecule has 0 aromatic carbocycles. The standard InChI is InChI=1S/C13H21N3O2S/c1-8(16(3)10-5-6-10)7-14-13-15-9(2)11(19-13)12(17)18-4/h8,10H,5-7H2,1-4H3,(H,14,15). The third kappa shape index (κ3) is 3.45. The minimum absolute atomic E-state index is 0.314. The maximum atomic E-state index is 11.5. The van der Waals surface area contributed by atoms with Crippen molar-refractivity contribution in [2.75, 3.05) is 26.0 Å². The van der Waals surface area contributed by atoms with Gasteiger partial charge in [-0.2, -0.15) is 0 Å². The summed E-state index contributed by atoms with van der Waals surface area (Å²) in [6.07, 6.45) is 2.62. The third-order valence-electron chi connectivity index (χ3n) is 3.53. The van der Waals surface area contributed by atoms with Crippen LogP contribution in [-0.4, -0.2) is 48.6 Å². The number of esters is 1. The number of hydrogen-bond donors (Lipinski definition) is 1. The van der Waals surface area contributed by atoms with Crippen LogP contribution in [0.1, 0.15) is 35.1 Å². The zero-order valence-electron chi connectivity index (χ0n) is 11.9. The maximum absolute atomic E-state index is 11.5. The predicted molar refractivity (Wildman–Crippen MR) is 76.9 cm³/mol. The fourth-order valence-corrected chi connectivity index (χ4v) is 2.87. The highest BCUT2D eigenvalue weighted by Crippen LogP contribution is 2.27. The minimum Gasteiger partial charge on any atom is -0.465 e. The second-order valence-corrected chi connectivity index (χ2v) is 6.05. The van der Waals surface area contributed by atoms with E-state index in [1.54, 1.807) is 0 Å². The third-order valence-corrected chi connectivity index (χ3v) is 4.63. The van der Waals surface area contributed by atoms with Gasteiger partial charge in [-0.3, -0.25) is 4.90 Å². The molecule has 2 rings (SSSR count). The van der Waals surface area contributed by atoms with Crippen molar-refractivity contribution in [2.45, 2.75) is 38.8 Å². The highest BCUT2D eigenvalue weighted by Gasteiger charge is 2.29. The molecule has 1 unspecified atom stereocenters. The lowest BCUT2D eigenvalue weighted by atomic mass is 10.3. The van der Waals surface area contributed by atoms with E-state index in [4.69, 9.17) is 4.74 Å². The Balaban J connectivity index is 1.90. The van der Waals surface area contributed by atoms with Gasteiger partial charge in [0.1, 0.15) is 4.88 Å². The molecule has 5 nitrogen and oxygen atoms in total. The van der Waals surface area contributed by atoms with Crippen LogP contribution in [0.25, 0.3) is 0 Å². The van der Waals surface area contributed by atoms with Crippen LogP contribution in [-0.2, 0) is 4.74 Å². The number of rotatable bonds is 6. The second kappa shape index (κ2) is 5.88. The molecule has 1 fully saturated rings. The Morgan fingerprint density at radius 2 is 2.32 bits per heavy atom. The highest BCUT2D eigenvalue weighted by atomic mass is 32.1. The smallest absolute Gasteiger partial charge is 0.350 e. The first kappa shape index (κ1) is 14.3. The summed E-state index contributed by atoms with van der Waals surface area (Å²) in [5.41, 5.74) is 0.725. The Hall–Kier alpha value is -1.14. The molecule has 1 aromatic heterocycles. The SMILES string of the molecule is COC(=O)c1sc(NCC(C)N(C)C2CC2)nc1C. The molecule has 0 spiro atoms. The molecule has 0 aliphatic heterocycles. The number of carbonyl (C=O) groups is 1. The van der Waals surface area contributed by atoms with Crippen LogP contribution in [0.4, 0.5) is 5.13 Å². The molecule has 0 bridgehead atoms. The number of carbonyl (C=O) groups excluding carboxylic acids is 1. The van der Waals surface area contributed by atoms with E-state index in [2.05, 4.69) is 29.2 Å². The van der Waals surface area contributed by atoms with E-state index in [1.165, 1.54) is 31.3 Å². The first-order chi connectivity index (χ1) is 9.02. The largest absolute Gasteiger partial charge is 0.465 e. The molecule has 1 aromatic rings. The number of likely N-dealkylation sites (N-methyl/N-ethyl adjacent to an activating group) is 1. The lowest BCUT2D eigenvalue weighted by Gasteiger charge is -2.24. The number of methoxy groups -OCH3 is 1. The van der Waals surface area contributed by atoms with E-state index in [-0.39, 0.29) is 5.97 Å². The molecule has 1 saturated carbocycles. The van der Waals surface area contributed by atoms with Crippen molar-refractivity contribution in [2.24, 2.45) is 0 Å². The van der Waals surface area contributed by atoms with E-state index in [1.807, 2.05) is 6.92 Å². The number of hydrogen-bond acceptors (Lipinski definition) is 6. The maximum Gasteiger partial charge on any atom is 0.350 e. The molecule has 19 heavy (non-hydrogen) atoms. The molecule has 1 aliphatic rings. The first-order valence-corrected chi connectivity index (χ1v) is 7.36. The number of nitrogens with one attached hydrogen (secondary N) is 1. The summed E-state index contributed by atoms with van der Waals surface area (Å²) in [4.78, 5) is 18.8. The number of aryl methyl sites for hydroxylation is 1. The van der Waals surface area contributed by atoms with Gasteiger partial charge in [0.25, 0.3) is 0 Å². The quantitative estimate of drug-likeness (QED) is 0.811. The van der Waals surface area contributed by atoms with Gasteiger partial charge < -0.3 is 10.1 Å². The van der Waals surface area contributed by atoms with E-state index in [0.29, 0.717) is 10.9 Å². The van der Waals surface area contributed by atoms with Crippen molar-refractivity contribution in [1.29, 1.82) is 0 Å². The van der Waals surface area contributed by atoms with Crippen LogP contribution >= 0.6 is 11.3 Å². The highest BCUT2D eigenvalue weighted by molar-refractivity contribution is 7.17. The van der Waals surface area contributed by atoms with Crippen molar-refractivity contribution in [1.82, 2.24) is 9.88 Å². The summed E-state index contributed by atoms with van der Waals surface area (Å²) in [7, 11) is 3.55. The minimum atomic E-state index is -0.314. The zero-order valence-corrected chi connectivity index (χ0v) is 12.7. The lowest BCUT2D eigenvalue weighted by molar-refractivity contribution is 0.0605. The molecule has 1 atom stereocenters. The van der Waals surface area contributed by atoms with Crippen molar-refractivity contribution >= 4 is 22.4 Å². The lowest BCUT2D eigenvalue weighted by Crippen LogP contribution is -2.36. The number of ether oxygens (including phenoxy) is 1. The molecular formula is C13H21N3O2S. The van der Waals surface area contributed by atoms with Crippen LogP contribution < -0.4 is 5.32 Å². The van der Waals surface area contributed by atoms with E-state index in [0.717, 1.165) is 23.4 Å². The number of nitrogens with zero attached hydrogens (tertiary/aromatic N) is 2. The van der Waals surface area contributed by atoms with Crippen molar-refractivity contribution in [3.63, 3.8) is 0 Å². The Kier molecular flexibility index (Phi) is 4.42. The van der Waals surface area contributed by atoms with Crippen LogP contribution in [0.3, 0.4) is 0 Å². The van der Waals surface area contributed by atoms with Gasteiger partial charge in [0.2, 0.25) is 0 Å². The summed E-state index contributed by atoms with van der Waals surface area (Å²) in [6, 6.07) is 1.21. The van der Waals surface area contributed by atoms with Crippen LogP contribution in [0.5, 0.6) is 0 Å². The summed E-state index contributed by atoms with van der Waals surface area (Å²) in [5, 5.41) is 4.09.